The number of hydrogen-bond acceptors (Lipinski definition) is 3. The molecule has 1 aliphatic rings. The number of benzene rings is 2. The van der Waals surface area contributed by atoms with Crippen LogP contribution in [0.5, 0.6) is 0 Å². The molecule has 2 unspecified atom stereocenters. The van der Waals surface area contributed by atoms with Gasteiger partial charge in [-0.2, -0.15) is 5.26 Å². The van der Waals surface area contributed by atoms with Crippen LogP contribution in [0.25, 0.3) is 23.3 Å². The lowest BCUT2D eigenvalue weighted by Crippen LogP contribution is -2.13. The van der Waals surface area contributed by atoms with Gasteiger partial charge in [-0.05, 0) is 81.2 Å². The lowest BCUT2D eigenvalue weighted by molar-refractivity contribution is -0.131. The topological polar surface area (TPSA) is 61.1 Å². The molecule has 0 spiro atoms. The standard InChI is InChI=1S/C31H29NO2S/c1-4-26(27-15-16-35-29(27)19-32)31(23-12-9-22(10-13-23)11-14-30(33)34)28-18-25-8-6-5-7-24(25)17-20(2)21(28)3/h5-16,18,20-21H,4,17H2,1-3H3,(H,33,34)/b14-11+,31-26+. The van der Waals surface area contributed by atoms with Gasteiger partial charge in [-0.15, -0.1) is 11.3 Å². The van der Waals surface area contributed by atoms with E-state index in [1.165, 1.54) is 39.2 Å². The first-order chi connectivity index (χ1) is 16.9. The Bertz CT molecular complexity index is 1370. The van der Waals surface area contributed by atoms with E-state index in [9.17, 15) is 10.1 Å². The Kier molecular flexibility index (Phi) is 7.48. The first-order valence-electron chi connectivity index (χ1n) is 11.9. The molecule has 0 saturated heterocycles. The van der Waals surface area contributed by atoms with Crippen LogP contribution in [0.15, 0.2) is 71.6 Å². The molecule has 4 heteroatoms. The third-order valence-electron chi connectivity index (χ3n) is 6.91. The number of carboxylic acids is 1. The Morgan fingerprint density at radius 1 is 1.14 bits per heavy atom. The van der Waals surface area contributed by atoms with Crippen LogP contribution in [-0.4, -0.2) is 11.1 Å². The van der Waals surface area contributed by atoms with Crippen molar-refractivity contribution in [2.24, 2.45) is 11.8 Å². The number of nitriles is 1. The van der Waals surface area contributed by atoms with Gasteiger partial charge in [0, 0.05) is 11.6 Å². The van der Waals surface area contributed by atoms with Gasteiger partial charge in [0.05, 0.1) is 0 Å². The summed E-state index contributed by atoms with van der Waals surface area (Å²) in [6, 6.07) is 21.1. The molecule has 0 aliphatic heterocycles. The van der Waals surface area contributed by atoms with E-state index in [4.69, 9.17) is 5.11 Å². The highest BCUT2D eigenvalue weighted by Gasteiger charge is 2.27. The second-order valence-corrected chi connectivity index (χ2v) is 9.96. The summed E-state index contributed by atoms with van der Waals surface area (Å²) in [7, 11) is 0. The first kappa shape index (κ1) is 24.4. The maximum Gasteiger partial charge on any atom is 0.328 e. The summed E-state index contributed by atoms with van der Waals surface area (Å²) in [5, 5.41) is 20.8. The Morgan fingerprint density at radius 2 is 1.89 bits per heavy atom. The Balaban J connectivity index is 1.98. The molecule has 4 rings (SSSR count). The minimum atomic E-state index is -0.963. The van der Waals surface area contributed by atoms with Crippen molar-refractivity contribution in [1.29, 1.82) is 5.26 Å². The molecule has 3 nitrogen and oxygen atoms in total. The Morgan fingerprint density at radius 3 is 2.57 bits per heavy atom. The third-order valence-corrected chi connectivity index (χ3v) is 7.72. The monoisotopic (exact) mass is 479 g/mol. The van der Waals surface area contributed by atoms with E-state index in [-0.39, 0.29) is 0 Å². The number of nitrogens with zero attached hydrogens (tertiary/aromatic N) is 1. The van der Waals surface area contributed by atoms with Crippen LogP contribution in [0, 0.1) is 23.2 Å². The molecule has 1 N–H and O–H groups in total. The van der Waals surface area contributed by atoms with Gasteiger partial charge in [0.15, 0.2) is 0 Å². The zero-order valence-electron chi connectivity index (χ0n) is 20.3. The van der Waals surface area contributed by atoms with Crippen molar-refractivity contribution < 1.29 is 9.90 Å². The van der Waals surface area contributed by atoms with E-state index >= 15 is 0 Å². The number of fused-ring (bicyclic) bond motifs is 1. The molecular formula is C31H29NO2S. The molecule has 3 aromatic rings. The largest absolute Gasteiger partial charge is 0.478 e. The minimum Gasteiger partial charge on any atom is -0.478 e. The second kappa shape index (κ2) is 10.7. The maximum atomic E-state index is 10.9. The van der Waals surface area contributed by atoms with Crippen LogP contribution in [0.1, 0.15) is 59.9 Å². The molecule has 0 bridgehead atoms. The fourth-order valence-electron chi connectivity index (χ4n) is 4.87. The Hall–Kier alpha value is -3.68. The van der Waals surface area contributed by atoms with Gasteiger partial charge in [0.1, 0.15) is 10.9 Å². The average Bonchev–Trinajstić information content (AvgIpc) is 3.29. The minimum absolute atomic E-state index is 0.315. The van der Waals surface area contributed by atoms with Crippen molar-refractivity contribution in [2.75, 3.05) is 0 Å². The summed E-state index contributed by atoms with van der Waals surface area (Å²) in [5.41, 5.74) is 9.15. The Labute approximate surface area is 211 Å². The molecule has 2 atom stereocenters. The predicted molar refractivity (Wildman–Crippen MR) is 146 cm³/mol. The summed E-state index contributed by atoms with van der Waals surface area (Å²) >= 11 is 1.48. The van der Waals surface area contributed by atoms with E-state index in [1.54, 1.807) is 6.08 Å². The molecule has 0 amide bonds. The van der Waals surface area contributed by atoms with Gasteiger partial charge in [-0.3, -0.25) is 0 Å². The van der Waals surface area contributed by atoms with Crippen molar-refractivity contribution in [2.45, 2.75) is 33.6 Å². The van der Waals surface area contributed by atoms with Gasteiger partial charge in [-0.25, -0.2) is 4.79 Å². The van der Waals surface area contributed by atoms with Gasteiger partial charge in [-0.1, -0.05) is 75.4 Å². The normalized spacial score (nSPS) is 18.3. The van der Waals surface area contributed by atoms with Gasteiger partial charge in [0.2, 0.25) is 0 Å². The molecular weight excluding hydrogens is 450 g/mol. The molecule has 2 aromatic carbocycles. The molecule has 1 heterocycles. The van der Waals surface area contributed by atoms with E-state index in [0.717, 1.165) is 40.5 Å². The maximum absolute atomic E-state index is 10.9. The molecule has 1 aliphatic carbocycles. The number of hydrogen-bond donors (Lipinski definition) is 1. The van der Waals surface area contributed by atoms with Crippen molar-refractivity contribution in [3.05, 3.63) is 104 Å². The molecule has 0 radical (unpaired) electrons. The molecule has 1 aromatic heterocycles. The van der Waals surface area contributed by atoms with E-state index in [0.29, 0.717) is 11.8 Å². The highest BCUT2D eigenvalue weighted by Crippen LogP contribution is 2.44. The van der Waals surface area contributed by atoms with Crippen LogP contribution in [0.3, 0.4) is 0 Å². The lowest BCUT2D eigenvalue weighted by Gasteiger charge is -2.26. The second-order valence-electron chi connectivity index (χ2n) is 9.04. The molecule has 176 valence electrons. The number of allylic oxidation sites excluding steroid dienone is 3. The van der Waals surface area contributed by atoms with Gasteiger partial charge in [0.25, 0.3) is 0 Å². The summed E-state index contributed by atoms with van der Waals surface area (Å²) < 4.78 is 0. The van der Waals surface area contributed by atoms with Crippen molar-refractivity contribution in [3.63, 3.8) is 0 Å². The number of rotatable bonds is 6. The fraction of sp³-hybridized carbons (Fsp3) is 0.226. The fourth-order valence-corrected chi connectivity index (χ4v) is 5.58. The zero-order chi connectivity index (χ0) is 24.9. The quantitative estimate of drug-likeness (QED) is 0.365. The van der Waals surface area contributed by atoms with Crippen LogP contribution in [0.4, 0.5) is 0 Å². The number of carbonyl (C=O) groups is 1. The summed E-state index contributed by atoms with van der Waals surface area (Å²) in [6.07, 6.45) is 6.91. The number of thiophene rings is 1. The average molecular weight is 480 g/mol. The SMILES string of the molecule is CC/C(=C(\C1=Cc2ccccc2CC(C)C1C)c1ccc(/C=C/C(=O)O)cc1)c1ccsc1C#N. The zero-order valence-corrected chi connectivity index (χ0v) is 21.1. The van der Waals surface area contributed by atoms with E-state index < -0.39 is 5.97 Å². The summed E-state index contributed by atoms with van der Waals surface area (Å²) in [4.78, 5) is 11.7. The van der Waals surface area contributed by atoms with Crippen molar-refractivity contribution in [1.82, 2.24) is 0 Å². The van der Waals surface area contributed by atoms with E-state index in [2.05, 4.69) is 75.4 Å². The highest BCUT2D eigenvalue weighted by molar-refractivity contribution is 7.10. The number of carboxylic acid groups (broad SMARTS) is 1. The van der Waals surface area contributed by atoms with E-state index in [1.807, 2.05) is 17.5 Å². The van der Waals surface area contributed by atoms with Crippen LogP contribution in [0.2, 0.25) is 0 Å². The summed E-state index contributed by atoms with van der Waals surface area (Å²) in [6.45, 7) is 6.77. The highest BCUT2D eigenvalue weighted by atomic mass is 32.1. The van der Waals surface area contributed by atoms with Crippen molar-refractivity contribution >= 4 is 40.6 Å². The van der Waals surface area contributed by atoms with Crippen LogP contribution in [-0.2, 0) is 11.2 Å². The predicted octanol–water partition coefficient (Wildman–Crippen LogP) is 7.95. The van der Waals surface area contributed by atoms with Gasteiger partial charge >= 0.3 is 5.97 Å². The summed E-state index contributed by atoms with van der Waals surface area (Å²) in [5.74, 6) is -0.196. The van der Waals surface area contributed by atoms with Crippen molar-refractivity contribution in [3.8, 4) is 6.07 Å². The molecule has 35 heavy (non-hydrogen) atoms. The molecule has 0 saturated carbocycles. The number of aliphatic carboxylic acids is 1. The van der Waals surface area contributed by atoms with Crippen LogP contribution >= 0.6 is 11.3 Å². The lowest BCUT2D eigenvalue weighted by atomic mass is 9.78. The first-order valence-corrected chi connectivity index (χ1v) is 12.8. The molecule has 0 fully saturated rings. The van der Waals surface area contributed by atoms with Crippen LogP contribution < -0.4 is 0 Å². The third kappa shape index (κ3) is 5.21. The van der Waals surface area contributed by atoms with Gasteiger partial charge < -0.3 is 5.11 Å². The smallest absolute Gasteiger partial charge is 0.328 e.